The van der Waals surface area contributed by atoms with Gasteiger partial charge in [-0.05, 0) is 49.0 Å². The third kappa shape index (κ3) is 3.71. The van der Waals surface area contributed by atoms with Crippen LogP contribution in [0.3, 0.4) is 0 Å². The highest BCUT2D eigenvalue weighted by molar-refractivity contribution is 7.80. The van der Waals surface area contributed by atoms with Gasteiger partial charge in [0.1, 0.15) is 16.7 Å². The lowest BCUT2D eigenvalue weighted by Crippen LogP contribution is -2.31. The maximum atomic E-state index is 14.2. The lowest BCUT2D eigenvalue weighted by Gasteiger charge is -2.14. The molecule has 2 heterocycles. The van der Waals surface area contributed by atoms with Crippen molar-refractivity contribution < 1.29 is 9.18 Å². The average Bonchev–Trinajstić information content (AvgIpc) is 3.14. The molecule has 30 heavy (non-hydrogen) atoms. The summed E-state index contributed by atoms with van der Waals surface area (Å²) >= 11 is 18.0. The number of carbonyl (C=O) groups excluding carboxylic acids is 1. The van der Waals surface area contributed by atoms with Crippen LogP contribution in [0.15, 0.2) is 54.2 Å². The summed E-state index contributed by atoms with van der Waals surface area (Å²) in [6, 6.07) is 13.4. The third-order valence-electron chi connectivity index (χ3n) is 4.65. The number of benzene rings is 2. The van der Waals surface area contributed by atoms with Crippen LogP contribution in [0, 0.1) is 12.7 Å². The first-order valence-corrected chi connectivity index (χ1v) is 10.1. The summed E-state index contributed by atoms with van der Waals surface area (Å²) in [4.78, 5) is 14.0. The van der Waals surface area contributed by atoms with Gasteiger partial charge in [-0.1, -0.05) is 53.5 Å². The van der Waals surface area contributed by atoms with Gasteiger partial charge in [0, 0.05) is 10.6 Å². The van der Waals surface area contributed by atoms with Gasteiger partial charge in [-0.2, -0.15) is 5.10 Å². The monoisotopic (exact) mass is 460 g/mol. The van der Waals surface area contributed by atoms with Crippen molar-refractivity contribution in [1.82, 2.24) is 15.1 Å². The molecule has 0 aliphatic carbocycles. The van der Waals surface area contributed by atoms with Crippen LogP contribution in [-0.2, 0) is 11.3 Å². The Balaban J connectivity index is 1.66. The molecule has 1 saturated heterocycles. The second kappa shape index (κ2) is 8.18. The van der Waals surface area contributed by atoms with E-state index in [9.17, 15) is 9.18 Å². The van der Waals surface area contributed by atoms with Crippen molar-refractivity contribution in [2.75, 3.05) is 4.90 Å². The number of hydrogen-bond acceptors (Lipinski definition) is 3. The minimum atomic E-state index is -0.543. The van der Waals surface area contributed by atoms with Gasteiger partial charge < -0.3 is 5.32 Å². The van der Waals surface area contributed by atoms with Crippen molar-refractivity contribution in [3.8, 4) is 0 Å². The number of nitrogens with one attached hydrogen (secondary N) is 1. The topological polar surface area (TPSA) is 50.2 Å². The molecule has 0 radical (unpaired) electrons. The number of aryl methyl sites for hydroxylation is 1. The summed E-state index contributed by atoms with van der Waals surface area (Å²) < 4.78 is 15.8. The second-order valence-electron chi connectivity index (χ2n) is 6.62. The minimum absolute atomic E-state index is 0.0839. The van der Waals surface area contributed by atoms with Crippen LogP contribution in [0.5, 0.6) is 0 Å². The van der Waals surface area contributed by atoms with Crippen LogP contribution in [0.4, 0.5) is 10.1 Å². The van der Waals surface area contributed by atoms with E-state index in [0.717, 1.165) is 10.5 Å². The fourth-order valence-corrected chi connectivity index (χ4v) is 3.93. The summed E-state index contributed by atoms with van der Waals surface area (Å²) in [6.07, 6.45) is 1.57. The largest absolute Gasteiger partial charge is 0.327 e. The minimum Gasteiger partial charge on any atom is -0.327 e. The predicted octanol–water partition coefficient (Wildman–Crippen LogP) is 4.95. The number of amides is 1. The molecular formula is C21H15Cl2FN4OS. The summed E-state index contributed by atoms with van der Waals surface area (Å²) in [7, 11) is 0. The fraction of sp³-hybridized carbons (Fsp3) is 0.0952. The zero-order chi connectivity index (χ0) is 21.4. The van der Waals surface area contributed by atoms with E-state index >= 15 is 0 Å². The van der Waals surface area contributed by atoms with Crippen molar-refractivity contribution in [3.63, 3.8) is 0 Å². The van der Waals surface area contributed by atoms with Gasteiger partial charge in [0.25, 0.3) is 5.91 Å². The number of para-hydroxylation sites is 1. The van der Waals surface area contributed by atoms with Crippen LogP contribution >= 0.6 is 35.4 Å². The Kier molecular flexibility index (Phi) is 5.60. The van der Waals surface area contributed by atoms with Gasteiger partial charge in [-0.3, -0.25) is 4.79 Å². The molecule has 1 fully saturated rings. The van der Waals surface area contributed by atoms with Crippen LogP contribution in [-0.4, -0.2) is 20.8 Å². The first kappa shape index (κ1) is 20.5. The molecule has 4 rings (SSSR count). The lowest BCUT2D eigenvalue weighted by molar-refractivity contribution is -0.113. The van der Waals surface area contributed by atoms with Crippen LogP contribution < -0.4 is 10.2 Å². The molecule has 1 aliphatic rings. The van der Waals surface area contributed by atoms with E-state index in [1.165, 1.54) is 12.1 Å². The SMILES string of the molecule is Cc1nn(Cc2ccccc2Cl)c(Cl)c1/C=C1\NC(=S)N(c2ccccc2F)C1=O. The van der Waals surface area contributed by atoms with E-state index in [-0.39, 0.29) is 16.5 Å². The highest BCUT2D eigenvalue weighted by Crippen LogP contribution is 2.28. The predicted molar refractivity (Wildman–Crippen MR) is 120 cm³/mol. The number of anilines is 1. The highest BCUT2D eigenvalue weighted by atomic mass is 35.5. The van der Waals surface area contributed by atoms with Crippen LogP contribution in [0.1, 0.15) is 16.8 Å². The van der Waals surface area contributed by atoms with E-state index in [1.807, 2.05) is 18.2 Å². The molecule has 152 valence electrons. The maximum Gasteiger partial charge on any atom is 0.281 e. The molecule has 0 unspecified atom stereocenters. The zero-order valence-corrected chi connectivity index (χ0v) is 18.0. The van der Waals surface area contributed by atoms with Crippen molar-refractivity contribution in [2.24, 2.45) is 0 Å². The second-order valence-corrected chi connectivity index (χ2v) is 7.77. The molecule has 1 N–H and O–H groups in total. The fourth-order valence-electron chi connectivity index (χ4n) is 3.16. The van der Waals surface area contributed by atoms with Gasteiger partial charge in [-0.25, -0.2) is 14.0 Å². The average molecular weight is 461 g/mol. The van der Waals surface area contributed by atoms with Gasteiger partial charge >= 0.3 is 0 Å². The first-order valence-electron chi connectivity index (χ1n) is 8.95. The van der Waals surface area contributed by atoms with E-state index in [4.69, 9.17) is 35.4 Å². The lowest BCUT2D eigenvalue weighted by atomic mass is 10.2. The molecule has 3 aromatic rings. The molecule has 0 bridgehead atoms. The van der Waals surface area contributed by atoms with Gasteiger partial charge in [0.05, 0.1) is 17.9 Å². The summed E-state index contributed by atoms with van der Waals surface area (Å²) in [5, 5.41) is 8.35. The molecule has 1 amide bonds. The number of aromatic nitrogens is 2. The molecule has 0 spiro atoms. The maximum absolute atomic E-state index is 14.2. The van der Waals surface area contributed by atoms with Gasteiger partial charge in [-0.15, -0.1) is 0 Å². The Labute approximate surface area is 187 Å². The zero-order valence-electron chi connectivity index (χ0n) is 15.7. The third-order valence-corrected chi connectivity index (χ3v) is 5.70. The molecule has 5 nitrogen and oxygen atoms in total. The normalized spacial score (nSPS) is 15.2. The Morgan fingerprint density at radius 3 is 2.60 bits per heavy atom. The number of thiocarbonyl (C=S) groups is 1. The Morgan fingerprint density at radius 1 is 1.17 bits per heavy atom. The standard InChI is InChI=1S/C21H15Cl2FN4OS/c1-12-14(19(23)27(26-12)11-13-6-2-3-7-15(13)22)10-17-20(29)28(21(30)25-17)18-9-5-4-8-16(18)24/h2-10H,11H2,1H3,(H,25,30)/b17-10-. The molecule has 0 saturated carbocycles. The van der Waals surface area contributed by atoms with Crippen molar-refractivity contribution >= 4 is 58.2 Å². The molecule has 1 aromatic heterocycles. The van der Waals surface area contributed by atoms with E-state index in [0.29, 0.717) is 28.0 Å². The highest BCUT2D eigenvalue weighted by Gasteiger charge is 2.34. The smallest absolute Gasteiger partial charge is 0.281 e. The molecule has 0 atom stereocenters. The summed E-state index contributed by atoms with van der Waals surface area (Å²) in [5.74, 6) is -1.02. The number of nitrogens with zero attached hydrogens (tertiary/aromatic N) is 3. The Morgan fingerprint density at radius 2 is 1.87 bits per heavy atom. The molecule has 9 heteroatoms. The van der Waals surface area contributed by atoms with Crippen molar-refractivity contribution in [1.29, 1.82) is 0 Å². The molecule has 2 aromatic carbocycles. The summed E-state index contributed by atoms with van der Waals surface area (Å²) in [5.41, 5.74) is 2.33. The number of carbonyl (C=O) groups is 1. The molecule has 1 aliphatic heterocycles. The number of hydrogen-bond donors (Lipinski definition) is 1. The van der Waals surface area contributed by atoms with E-state index in [2.05, 4.69) is 10.4 Å². The summed E-state index contributed by atoms with van der Waals surface area (Å²) in [6.45, 7) is 2.16. The van der Waals surface area contributed by atoms with Crippen molar-refractivity contribution in [2.45, 2.75) is 13.5 Å². The quantitative estimate of drug-likeness (QED) is 0.442. The Hall–Kier alpha value is -2.74. The Bertz CT molecular complexity index is 1210. The van der Waals surface area contributed by atoms with Gasteiger partial charge in [0.2, 0.25) is 0 Å². The van der Waals surface area contributed by atoms with E-state index in [1.54, 1.807) is 35.9 Å². The van der Waals surface area contributed by atoms with Crippen LogP contribution in [0.25, 0.3) is 6.08 Å². The van der Waals surface area contributed by atoms with E-state index < -0.39 is 11.7 Å². The van der Waals surface area contributed by atoms with Crippen LogP contribution in [0.2, 0.25) is 10.2 Å². The molecular weight excluding hydrogens is 446 g/mol. The number of halogens is 3. The first-order chi connectivity index (χ1) is 14.4. The number of rotatable bonds is 4. The van der Waals surface area contributed by atoms with Crippen molar-refractivity contribution in [3.05, 3.63) is 87.0 Å². The van der Waals surface area contributed by atoms with Gasteiger partial charge in [0.15, 0.2) is 5.11 Å².